The van der Waals surface area contributed by atoms with E-state index < -0.39 is 5.97 Å². The maximum atomic E-state index is 11.2. The molecule has 0 aliphatic carbocycles. The van der Waals surface area contributed by atoms with Crippen LogP contribution in [-0.2, 0) is 22.1 Å². The molecule has 1 saturated heterocycles. The van der Waals surface area contributed by atoms with E-state index in [9.17, 15) is 4.79 Å². The number of nitrogens with zero attached hydrogens (tertiary/aromatic N) is 2. The van der Waals surface area contributed by atoms with Crippen molar-refractivity contribution in [3.8, 4) is 0 Å². The topological polar surface area (TPSA) is 56.6 Å². The third kappa shape index (κ3) is 1.29. The van der Waals surface area contributed by atoms with Gasteiger partial charge in [-0.1, -0.05) is 0 Å². The molecule has 0 spiro atoms. The molecule has 0 amide bonds. The zero-order valence-electron chi connectivity index (χ0n) is 8.40. The van der Waals surface area contributed by atoms with Gasteiger partial charge in [0.25, 0.3) is 0 Å². The number of carbonyl (C=O) groups is 1. The van der Waals surface area contributed by atoms with Gasteiger partial charge in [-0.05, 0) is 13.0 Å². The van der Waals surface area contributed by atoms with Crippen LogP contribution in [-0.4, -0.2) is 29.5 Å². The van der Waals surface area contributed by atoms with Crippen molar-refractivity contribution in [1.82, 2.24) is 9.78 Å². The molecule has 0 radical (unpaired) electrons. The first-order valence-corrected chi connectivity index (χ1v) is 4.33. The van der Waals surface area contributed by atoms with Crippen molar-refractivity contribution >= 4 is 5.97 Å². The summed E-state index contributed by atoms with van der Waals surface area (Å²) in [6, 6.07) is 1.71. The molecule has 0 aromatic carbocycles. The number of aryl methyl sites for hydroxylation is 1. The summed E-state index contributed by atoms with van der Waals surface area (Å²) < 4.78 is 11.5. The fraction of sp³-hybridized carbons (Fsp3) is 0.556. The van der Waals surface area contributed by atoms with E-state index >= 15 is 0 Å². The zero-order chi connectivity index (χ0) is 10.3. The summed E-state index contributed by atoms with van der Waals surface area (Å²) in [7, 11) is 3.13. The molecular weight excluding hydrogens is 184 g/mol. The van der Waals surface area contributed by atoms with Gasteiger partial charge in [-0.15, -0.1) is 0 Å². The van der Waals surface area contributed by atoms with Crippen LogP contribution < -0.4 is 0 Å². The van der Waals surface area contributed by atoms with Gasteiger partial charge in [0.2, 0.25) is 0 Å². The maximum absolute atomic E-state index is 11.2. The van der Waals surface area contributed by atoms with E-state index in [2.05, 4.69) is 9.84 Å². The van der Waals surface area contributed by atoms with Crippen molar-refractivity contribution in [3.63, 3.8) is 0 Å². The molecule has 0 bridgehead atoms. The zero-order valence-corrected chi connectivity index (χ0v) is 8.40. The lowest BCUT2D eigenvalue weighted by Crippen LogP contribution is -2.09. The van der Waals surface area contributed by atoms with Crippen LogP contribution in [0.1, 0.15) is 23.1 Å². The van der Waals surface area contributed by atoms with Crippen molar-refractivity contribution in [2.45, 2.75) is 12.5 Å². The third-order valence-corrected chi connectivity index (χ3v) is 2.39. The minimum atomic E-state index is -0.420. The summed E-state index contributed by atoms with van der Waals surface area (Å²) in [5.74, 6) is -0.420. The number of methoxy groups -OCH3 is 1. The standard InChI is InChI=1S/C9H12N2O3/c1-9(5-14-9)7-4-6(8(12)13-3)10-11(7)2/h4H,5H2,1-3H3. The second kappa shape index (κ2) is 2.81. The smallest absolute Gasteiger partial charge is 0.358 e. The van der Waals surface area contributed by atoms with Gasteiger partial charge >= 0.3 is 5.97 Å². The molecule has 5 heteroatoms. The van der Waals surface area contributed by atoms with Crippen molar-refractivity contribution in [3.05, 3.63) is 17.5 Å². The van der Waals surface area contributed by atoms with Crippen molar-refractivity contribution in [2.75, 3.05) is 13.7 Å². The van der Waals surface area contributed by atoms with E-state index in [1.54, 1.807) is 17.8 Å². The van der Waals surface area contributed by atoms with Gasteiger partial charge in [0.05, 0.1) is 19.4 Å². The van der Waals surface area contributed by atoms with E-state index in [4.69, 9.17) is 4.74 Å². The molecule has 2 rings (SSSR count). The van der Waals surface area contributed by atoms with E-state index in [1.807, 2.05) is 6.92 Å². The average Bonchev–Trinajstić information content (AvgIpc) is 2.77. The Morgan fingerprint density at radius 2 is 2.43 bits per heavy atom. The van der Waals surface area contributed by atoms with Crippen molar-refractivity contribution in [2.24, 2.45) is 7.05 Å². The van der Waals surface area contributed by atoms with Gasteiger partial charge in [0, 0.05) is 7.05 Å². The molecule has 14 heavy (non-hydrogen) atoms. The monoisotopic (exact) mass is 196 g/mol. The Morgan fingerprint density at radius 3 is 2.93 bits per heavy atom. The minimum absolute atomic E-state index is 0.270. The highest BCUT2D eigenvalue weighted by Crippen LogP contribution is 2.37. The maximum Gasteiger partial charge on any atom is 0.358 e. The first-order valence-electron chi connectivity index (χ1n) is 4.33. The summed E-state index contributed by atoms with van der Waals surface area (Å²) in [6.07, 6.45) is 0. The summed E-state index contributed by atoms with van der Waals surface area (Å²) in [6.45, 7) is 2.64. The average molecular weight is 196 g/mol. The van der Waals surface area contributed by atoms with Crippen LogP contribution in [0.3, 0.4) is 0 Å². The molecule has 1 aliphatic heterocycles. The van der Waals surface area contributed by atoms with Crippen LogP contribution in [0, 0.1) is 0 Å². The predicted molar refractivity (Wildman–Crippen MR) is 47.9 cm³/mol. The first-order chi connectivity index (χ1) is 6.57. The fourth-order valence-electron chi connectivity index (χ4n) is 1.42. The summed E-state index contributed by atoms with van der Waals surface area (Å²) >= 11 is 0. The number of rotatable bonds is 2. The van der Waals surface area contributed by atoms with E-state index in [0.717, 1.165) is 5.69 Å². The molecule has 76 valence electrons. The van der Waals surface area contributed by atoms with Crippen molar-refractivity contribution in [1.29, 1.82) is 0 Å². The fourth-order valence-corrected chi connectivity index (χ4v) is 1.42. The Labute approximate surface area is 81.6 Å². The highest BCUT2D eigenvalue weighted by atomic mass is 16.6. The van der Waals surface area contributed by atoms with Gasteiger partial charge in [0.15, 0.2) is 5.69 Å². The number of hydrogen-bond acceptors (Lipinski definition) is 4. The van der Waals surface area contributed by atoms with Crippen LogP contribution >= 0.6 is 0 Å². The SMILES string of the molecule is COC(=O)c1cc(C2(C)CO2)n(C)n1. The molecule has 2 heterocycles. The lowest BCUT2D eigenvalue weighted by atomic mass is 10.1. The summed E-state index contributed by atoms with van der Waals surface area (Å²) in [5, 5.41) is 4.05. The molecule has 1 aromatic rings. The van der Waals surface area contributed by atoms with Gasteiger partial charge in [-0.3, -0.25) is 4.68 Å². The van der Waals surface area contributed by atoms with Gasteiger partial charge < -0.3 is 9.47 Å². The Balaban J connectivity index is 2.35. The molecule has 0 N–H and O–H groups in total. The second-order valence-electron chi connectivity index (χ2n) is 3.55. The van der Waals surface area contributed by atoms with Gasteiger partial charge in [0.1, 0.15) is 5.60 Å². The number of carbonyl (C=O) groups excluding carboxylic acids is 1. The molecular formula is C9H12N2O3. The molecule has 1 fully saturated rings. The number of hydrogen-bond donors (Lipinski definition) is 0. The minimum Gasteiger partial charge on any atom is -0.464 e. The molecule has 0 saturated carbocycles. The van der Waals surface area contributed by atoms with Crippen LogP contribution in [0.25, 0.3) is 0 Å². The Hall–Kier alpha value is -1.36. The second-order valence-corrected chi connectivity index (χ2v) is 3.55. The Morgan fingerprint density at radius 1 is 1.79 bits per heavy atom. The Kier molecular flexibility index (Phi) is 1.85. The largest absolute Gasteiger partial charge is 0.464 e. The lowest BCUT2D eigenvalue weighted by molar-refractivity contribution is 0.0593. The highest BCUT2D eigenvalue weighted by molar-refractivity contribution is 5.87. The van der Waals surface area contributed by atoms with Crippen molar-refractivity contribution < 1.29 is 14.3 Å². The van der Waals surface area contributed by atoms with E-state index in [1.165, 1.54) is 7.11 Å². The van der Waals surface area contributed by atoms with E-state index in [0.29, 0.717) is 12.3 Å². The molecule has 1 unspecified atom stereocenters. The number of esters is 1. The van der Waals surface area contributed by atoms with Gasteiger partial charge in [-0.2, -0.15) is 5.10 Å². The van der Waals surface area contributed by atoms with Crippen LogP contribution in [0.4, 0.5) is 0 Å². The summed E-state index contributed by atoms with van der Waals surface area (Å²) in [5.41, 5.74) is 0.952. The normalized spacial score (nSPS) is 24.8. The summed E-state index contributed by atoms with van der Waals surface area (Å²) in [4.78, 5) is 11.2. The third-order valence-electron chi connectivity index (χ3n) is 2.39. The quantitative estimate of drug-likeness (QED) is 0.509. The molecule has 1 aromatic heterocycles. The number of epoxide rings is 1. The number of aromatic nitrogens is 2. The lowest BCUT2D eigenvalue weighted by Gasteiger charge is -2.03. The number of ether oxygens (including phenoxy) is 2. The van der Waals surface area contributed by atoms with Crippen LogP contribution in [0.5, 0.6) is 0 Å². The van der Waals surface area contributed by atoms with Crippen LogP contribution in [0.2, 0.25) is 0 Å². The van der Waals surface area contributed by atoms with Gasteiger partial charge in [-0.25, -0.2) is 4.79 Å². The molecule has 1 aliphatic rings. The highest BCUT2D eigenvalue weighted by Gasteiger charge is 2.44. The van der Waals surface area contributed by atoms with E-state index in [-0.39, 0.29) is 5.60 Å². The first kappa shape index (κ1) is 9.21. The predicted octanol–water partition coefficient (Wildman–Crippen LogP) is 0.452. The molecule has 5 nitrogen and oxygen atoms in total. The van der Waals surface area contributed by atoms with Crippen LogP contribution in [0.15, 0.2) is 6.07 Å². The Bertz CT molecular complexity index is 379. The molecule has 1 atom stereocenters.